The summed E-state index contributed by atoms with van der Waals surface area (Å²) < 4.78 is 9.39. The Bertz CT molecular complexity index is 1030. The standard InChI is InChI=1S/C22H23BrN2O3S/c1-2-28-22(27)16-9-6-10-24(14-16)21(26)18-11-19-17(12-20(23)29-19)25(18)13-15-7-4-3-5-8-15/h3-5,7-8,11-12,16H,2,6,9-10,13-14H2,1H3/t16-/m0/s1. The average Bonchev–Trinajstić information content (AvgIpc) is 3.25. The minimum absolute atomic E-state index is 0.0190. The Balaban J connectivity index is 1.64. The number of aromatic nitrogens is 1. The molecule has 0 aliphatic carbocycles. The number of benzene rings is 1. The number of amides is 1. The molecule has 1 fully saturated rings. The third-order valence-electron chi connectivity index (χ3n) is 5.29. The normalized spacial score (nSPS) is 16.9. The number of likely N-dealkylation sites (tertiary alicyclic amines) is 1. The van der Waals surface area contributed by atoms with E-state index in [4.69, 9.17) is 4.74 Å². The van der Waals surface area contributed by atoms with Crippen molar-refractivity contribution in [2.75, 3.05) is 19.7 Å². The van der Waals surface area contributed by atoms with Crippen LogP contribution in [0.3, 0.4) is 0 Å². The monoisotopic (exact) mass is 474 g/mol. The molecule has 1 atom stereocenters. The van der Waals surface area contributed by atoms with Crippen LogP contribution in [0.1, 0.15) is 35.8 Å². The Morgan fingerprint density at radius 3 is 2.79 bits per heavy atom. The Labute approximate surface area is 182 Å². The summed E-state index contributed by atoms with van der Waals surface area (Å²) in [6.07, 6.45) is 1.59. The number of ether oxygens (including phenoxy) is 1. The van der Waals surface area contributed by atoms with Crippen LogP contribution in [-0.4, -0.2) is 41.0 Å². The molecule has 0 bridgehead atoms. The number of piperidine rings is 1. The average molecular weight is 475 g/mol. The van der Waals surface area contributed by atoms with Crippen LogP contribution in [0.5, 0.6) is 0 Å². The largest absolute Gasteiger partial charge is 0.466 e. The third kappa shape index (κ3) is 4.26. The van der Waals surface area contributed by atoms with E-state index >= 15 is 0 Å². The molecule has 7 heteroatoms. The third-order valence-corrected chi connectivity index (χ3v) is 6.86. The summed E-state index contributed by atoms with van der Waals surface area (Å²) in [5.41, 5.74) is 2.87. The highest BCUT2D eigenvalue weighted by Crippen LogP contribution is 2.34. The van der Waals surface area contributed by atoms with Crippen LogP contribution in [0.15, 0.2) is 46.3 Å². The van der Waals surface area contributed by atoms with E-state index in [0.29, 0.717) is 31.9 Å². The Kier molecular flexibility index (Phi) is 6.06. The number of rotatable bonds is 5. The molecule has 1 aliphatic heterocycles. The topological polar surface area (TPSA) is 51.5 Å². The van der Waals surface area contributed by atoms with Crippen LogP contribution in [0.25, 0.3) is 10.2 Å². The maximum atomic E-state index is 13.4. The smallest absolute Gasteiger partial charge is 0.310 e. The highest BCUT2D eigenvalue weighted by Gasteiger charge is 2.31. The number of hydrogen-bond donors (Lipinski definition) is 0. The molecule has 1 saturated heterocycles. The predicted octanol–water partition coefficient (Wildman–Crippen LogP) is 4.93. The number of nitrogens with zero attached hydrogens (tertiary/aromatic N) is 2. The van der Waals surface area contributed by atoms with Gasteiger partial charge < -0.3 is 14.2 Å². The van der Waals surface area contributed by atoms with Crippen LogP contribution in [0.2, 0.25) is 0 Å². The van der Waals surface area contributed by atoms with Gasteiger partial charge >= 0.3 is 5.97 Å². The van der Waals surface area contributed by atoms with E-state index in [1.54, 1.807) is 16.2 Å². The minimum Gasteiger partial charge on any atom is -0.466 e. The summed E-state index contributed by atoms with van der Waals surface area (Å²) in [6, 6.07) is 14.2. The molecular weight excluding hydrogens is 452 g/mol. The molecule has 3 heterocycles. The zero-order chi connectivity index (χ0) is 20.4. The van der Waals surface area contributed by atoms with Crippen molar-refractivity contribution in [2.45, 2.75) is 26.3 Å². The van der Waals surface area contributed by atoms with Crippen LogP contribution in [0, 0.1) is 5.92 Å². The van der Waals surface area contributed by atoms with Gasteiger partial charge in [-0.05, 0) is 53.4 Å². The van der Waals surface area contributed by atoms with Crippen LogP contribution < -0.4 is 0 Å². The van der Waals surface area contributed by atoms with E-state index in [0.717, 1.165) is 32.4 Å². The Morgan fingerprint density at radius 2 is 2.03 bits per heavy atom. The van der Waals surface area contributed by atoms with Gasteiger partial charge in [-0.15, -0.1) is 11.3 Å². The second-order valence-electron chi connectivity index (χ2n) is 7.24. The van der Waals surface area contributed by atoms with E-state index < -0.39 is 0 Å². The maximum absolute atomic E-state index is 13.4. The number of carbonyl (C=O) groups excluding carboxylic acids is 2. The van der Waals surface area contributed by atoms with E-state index in [1.165, 1.54) is 0 Å². The first-order chi connectivity index (χ1) is 14.1. The quantitative estimate of drug-likeness (QED) is 0.492. The van der Waals surface area contributed by atoms with Crippen molar-refractivity contribution in [1.82, 2.24) is 9.47 Å². The van der Waals surface area contributed by atoms with E-state index in [1.807, 2.05) is 31.2 Å². The molecule has 5 nitrogen and oxygen atoms in total. The van der Waals surface area contributed by atoms with Crippen molar-refractivity contribution in [2.24, 2.45) is 5.92 Å². The molecule has 0 N–H and O–H groups in total. The number of fused-ring (bicyclic) bond motifs is 1. The van der Waals surface area contributed by atoms with E-state index in [2.05, 4.69) is 38.7 Å². The fourth-order valence-electron chi connectivity index (χ4n) is 3.90. The fraction of sp³-hybridized carbons (Fsp3) is 0.364. The van der Waals surface area contributed by atoms with Crippen molar-refractivity contribution in [3.63, 3.8) is 0 Å². The van der Waals surface area contributed by atoms with Gasteiger partial charge in [-0.1, -0.05) is 30.3 Å². The zero-order valence-corrected chi connectivity index (χ0v) is 18.7. The molecule has 0 spiro atoms. The van der Waals surface area contributed by atoms with Gasteiger partial charge in [-0.2, -0.15) is 0 Å². The lowest BCUT2D eigenvalue weighted by atomic mass is 9.98. The molecule has 3 aromatic rings. The SMILES string of the molecule is CCOC(=O)[C@H]1CCCN(C(=O)c2cc3sc(Br)cc3n2Cc2ccccc2)C1. The molecule has 0 unspecified atom stereocenters. The van der Waals surface area contributed by atoms with Crippen molar-refractivity contribution >= 4 is 49.4 Å². The second kappa shape index (κ2) is 8.71. The highest BCUT2D eigenvalue weighted by molar-refractivity contribution is 9.11. The van der Waals surface area contributed by atoms with Gasteiger partial charge in [-0.3, -0.25) is 9.59 Å². The van der Waals surface area contributed by atoms with Crippen molar-refractivity contribution in [3.05, 3.63) is 57.5 Å². The van der Waals surface area contributed by atoms with Gasteiger partial charge in [0.15, 0.2) is 0 Å². The lowest BCUT2D eigenvalue weighted by Gasteiger charge is -2.31. The van der Waals surface area contributed by atoms with Crippen molar-refractivity contribution in [3.8, 4) is 0 Å². The van der Waals surface area contributed by atoms with E-state index in [9.17, 15) is 9.59 Å². The number of halogens is 1. The summed E-state index contributed by atoms with van der Waals surface area (Å²) >= 11 is 5.18. The summed E-state index contributed by atoms with van der Waals surface area (Å²) in [4.78, 5) is 27.4. The lowest BCUT2D eigenvalue weighted by Crippen LogP contribution is -2.43. The fourth-order valence-corrected chi connectivity index (χ4v) is 5.47. The highest BCUT2D eigenvalue weighted by atomic mass is 79.9. The molecule has 29 heavy (non-hydrogen) atoms. The summed E-state index contributed by atoms with van der Waals surface area (Å²) in [7, 11) is 0. The Hall–Kier alpha value is -2.12. The molecule has 1 aliphatic rings. The van der Waals surface area contributed by atoms with Gasteiger partial charge in [0.05, 0.1) is 26.5 Å². The van der Waals surface area contributed by atoms with E-state index in [-0.39, 0.29) is 17.8 Å². The van der Waals surface area contributed by atoms with Crippen LogP contribution in [-0.2, 0) is 16.1 Å². The van der Waals surface area contributed by atoms with Gasteiger partial charge in [-0.25, -0.2) is 0 Å². The molecule has 1 aromatic carbocycles. The van der Waals surface area contributed by atoms with Crippen LogP contribution in [0.4, 0.5) is 0 Å². The molecular formula is C22H23BrN2O3S. The van der Waals surface area contributed by atoms with Gasteiger partial charge in [0.25, 0.3) is 5.91 Å². The molecule has 0 saturated carbocycles. The van der Waals surface area contributed by atoms with Crippen molar-refractivity contribution < 1.29 is 14.3 Å². The first-order valence-corrected chi connectivity index (χ1v) is 11.5. The molecule has 152 valence electrons. The Morgan fingerprint density at radius 1 is 1.24 bits per heavy atom. The van der Waals surface area contributed by atoms with Gasteiger partial charge in [0, 0.05) is 19.6 Å². The first-order valence-electron chi connectivity index (χ1n) is 9.85. The minimum atomic E-state index is -0.236. The zero-order valence-electron chi connectivity index (χ0n) is 16.3. The molecule has 2 aromatic heterocycles. The second-order valence-corrected chi connectivity index (χ2v) is 9.71. The number of esters is 1. The van der Waals surface area contributed by atoms with Crippen molar-refractivity contribution in [1.29, 1.82) is 0 Å². The van der Waals surface area contributed by atoms with Crippen LogP contribution >= 0.6 is 27.3 Å². The number of carbonyl (C=O) groups is 2. The number of thiophene rings is 1. The lowest BCUT2D eigenvalue weighted by molar-refractivity contribution is -0.149. The molecule has 1 amide bonds. The summed E-state index contributed by atoms with van der Waals surface area (Å²) in [5.74, 6) is -0.454. The predicted molar refractivity (Wildman–Crippen MR) is 118 cm³/mol. The molecule has 4 rings (SSSR count). The summed E-state index contributed by atoms with van der Waals surface area (Å²) in [5, 5.41) is 0. The maximum Gasteiger partial charge on any atom is 0.310 e. The molecule has 0 radical (unpaired) electrons. The van der Waals surface area contributed by atoms with Gasteiger partial charge in [0.1, 0.15) is 5.69 Å². The van der Waals surface area contributed by atoms with Gasteiger partial charge in [0.2, 0.25) is 0 Å². The summed E-state index contributed by atoms with van der Waals surface area (Å²) in [6.45, 7) is 3.90. The number of hydrogen-bond acceptors (Lipinski definition) is 4. The first kappa shape index (κ1) is 20.2.